The van der Waals surface area contributed by atoms with Gasteiger partial charge >= 0.3 is 5.97 Å². The molecule has 1 aromatic carbocycles. The number of hydrogen-bond acceptors (Lipinski definition) is 4. The molecule has 0 aromatic heterocycles. The number of benzene rings is 1. The van der Waals surface area contributed by atoms with E-state index in [4.69, 9.17) is 19.3 Å². The minimum absolute atomic E-state index is 0.192. The fraction of sp³-hybridized carbons (Fsp3) is 0.417. The molecule has 0 aliphatic carbocycles. The first kappa shape index (κ1) is 11.7. The van der Waals surface area contributed by atoms with Crippen LogP contribution in [0.2, 0.25) is 0 Å². The molecule has 1 unspecified atom stereocenters. The predicted molar refractivity (Wildman–Crippen MR) is 59.3 cm³/mol. The predicted octanol–water partition coefficient (Wildman–Crippen LogP) is 1.75. The van der Waals surface area contributed by atoms with Crippen LogP contribution in [0, 0.1) is 0 Å². The molecule has 1 aliphatic heterocycles. The average Bonchev–Trinajstić information content (AvgIpc) is 2.36. The Morgan fingerprint density at radius 1 is 1.53 bits per heavy atom. The van der Waals surface area contributed by atoms with Gasteiger partial charge in [0, 0.05) is 5.56 Å². The molecule has 1 aliphatic rings. The summed E-state index contributed by atoms with van der Waals surface area (Å²) in [6.45, 7) is 2.23. The van der Waals surface area contributed by atoms with Gasteiger partial charge in [-0.1, -0.05) is 0 Å². The number of carboxylic acid groups (broad SMARTS) is 1. The number of methoxy groups -OCH3 is 1. The molecule has 0 fully saturated rings. The summed E-state index contributed by atoms with van der Waals surface area (Å²) in [5, 5.41) is 9.00. The van der Waals surface area contributed by atoms with E-state index in [2.05, 4.69) is 0 Å². The van der Waals surface area contributed by atoms with Gasteiger partial charge in [-0.05, 0) is 24.6 Å². The molecular weight excluding hydrogens is 224 g/mol. The lowest BCUT2D eigenvalue weighted by atomic mass is 9.98. The van der Waals surface area contributed by atoms with Crippen molar-refractivity contribution >= 4 is 5.97 Å². The quantitative estimate of drug-likeness (QED) is 0.869. The van der Waals surface area contributed by atoms with E-state index in [1.54, 1.807) is 19.1 Å². The molecule has 1 atom stereocenters. The fourth-order valence-corrected chi connectivity index (χ4v) is 1.75. The molecule has 2 rings (SSSR count). The highest BCUT2D eigenvalue weighted by Crippen LogP contribution is 2.37. The van der Waals surface area contributed by atoms with Crippen molar-refractivity contribution in [3.8, 4) is 11.5 Å². The Morgan fingerprint density at radius 3 is 2.94 bits per heavy atom. The zero-order valence-corrected chi connectivity index (χ0v) is 9.73. The lowest BCUT2D eigenvalue weighted by Crippen LogP contribution is -2.14. The maximum absolute atomic E-state index is 11.0. The van der Waals surface area contributed by atoms with Crippen LogP contribution in [0.5, 0.6) is 11.5 Å². The highest BCUT2D eigenvalue weighted by molar-refractivity contribution is 5.76. The Morgan fingerprint density at radius 2 is 2.29 bits per heavy atom. The monoisotopic (exact) mass is 238 g/mol. The highest BCUT2D eigenvalue weighted by atomic mass is 16.7. The van der Waals surface area contributed by atoms with E-state index in [-0.39, 0.29) is 6.79 Å². The molecule has 1 heterocycles. The molecule has 0 spiro atoms. The molecule has 0 saturated heterocycles. The number of carboxylic acids is 1. The summed E-state index contributed by atoms with van der Waals surface area (Å²) < 4.78 is 15.7. The van der Waals surface area contributed by atoms with Crippen molar-refractivity contribution < 1.29 is 24.1 Å². The van der Waals surface area contributed by atoms with Gasteiger partial charge in [-0.15, -0.1) is 0 Å². The van der Waals surface area contributed by atoms with Gasteiger partial charge in [-0.25, -0.2) is 0 Å². The second-order valence-corrected chi connectivity index (χ2v) is 3.88. The van der Waals surface area contributed by atoms with Crippen LogP contribution in [0.3, 0.4) is 0 Å². The summed E-state index contributed by atoms with van der Waals surface area (Å²) in [4.78, 5) is 11.0. The van der Waals surface area contributed by atoms with E-state index in [0.717, 1.165) is 5.56 Å². The number of fused-ring (bicyclic) bond motifs is 1. The van der Waals surface area contributed by atoms with Gasteiger partial charge in [0.05, 0.1) is 19.6 Å². The van der Waals surface area contributed by atoms with Gasteiger partial charge in [0.1, 0.15) is 0 Å². The van der Waals surface area contributed by atoms with Crippen molar-refractivity contribution in [1.82, 2.24) is 0 Å². The van der Waals surface area contributed by atoms with Gasteiger partial charge in [0.15, 0.2) is 18.3 Å². The van der Waals surface area contributed by atoms with E-state index in [1.807, 2.05) is 0 Å². The minimum atomic E-state index is -0.871. The van der Waals surface area contributed by atoms with Crippen molar-refractivity contribution in [1.29, 1.82) is 0 Å². The maximum atomic E-state index is 11.0. The van der Waals surface area contributed by atoms with Gasteiger partial charge in [-0.2, -0.15) is 0 Å². The first-order valence-corrected chi connectivity index (χ1v) is 5.27. The Kier molecular flexibility index (Phi) is 3.19. The lowest BCUT2D eigenvalue weighted by molar-refractivity contribution is -0.138. The maximum Gasteiger partial charge on any atom is 0.310 e. The molecule has 1 N–H and O–H groups in total. The number of hydrogen-bond donors (Lipinski definition) is 1. The van der Waals surface area contributed by atoms with Crippen LogP contribution in [-0.2, 0) is 16.1 Å². The van der Waals surface area contributed by atoms with E-state index < -0.39 is 11.9 Å². The molecule has 5 nitrogen and oxygen atoms in total. The molecule has 17 heavy (non-hydrogen) atoms. The lowest BCUT2D eigenvalue weighted by Gasteiger charge is -2.21. The third kappa shape index (κ3) is 2.19. The van der Waals surface area contributed by atoms with E-state index >= 15 is 0 Å². The smallest absolute Gasteiger partial charge is 0.310 e. The van der Waals surface area contributed by atoms with Crippen LogP contribution >= 0.6 is 0 Å². The summed E-state index contributed by atoms with van der Waals surface area (Å²) in [6.07, 6.45) is 0. The number of rotatable bonds is 3. The third-order valence-corrected chi connectivity index (χ3v) is 2.79. The number of ether oxygens (including phenoxy) is 3. The van der Waals surface area contributed by atoms with E-state index in [0.29, 0.717) is 23.7 Å². The summed E-state index contributed by atoms with van der Waals surface area (Å²) in [5.41, 5.74) is 1.50. The largest absolute Gasteiger partial charge is 0.493 e. The normalized spacial score (nSPS) is 15.6. The summed E-state index contributed by atoms with van der Waals surface area (Å²) in [7, 11) is 1.53. The molecular formula is C12H14O5. The van der Waals surface area contributed by atoms with Crippen molar-refractivity contribution in [2.45, 2.75) is 19.4 Å². The molecule has 5 heteroatoms. The Bertz CT molecular complexity index is 424. The van der Waals surface area contributed by atoms with E-state index in [9.17, 15) is 4.79 Å². The first-order chi connectivity index (χ1) is 8.13. The van der Waals surface area contributed by atoms with Gasteiger partial charge in [0.2, 0.25) is 0 Å². The van der Waals surface area contributed by atoms with Gasteiger partial charge in [-0.3, -0.25) is 4.79 Å². The first-order valence-electron chi connectivity index (χ1n) is 5.27. The summed E-state index contributed by atoms with van der Waals surface area (Å²) >= 11 is 0. The third-order valence-electron chi connectivity index (χ3n) is 2.79. The van der Waals surface area contributed by atoms with Crippen LogP contribution in [0.4, 0.5) is 0 Å². The molecule has 0 bridgehead atoms. The van der Waals surface area contributed by atoms with Crippen LogP contribution in [0.15, 0.2) is 12.1 Å². The highest BCUT2D eigenvalue weighted by Gasteiger charge is 2.21. The molecule has 92 valence electrons. The Labute approximate surface area is 98.9 Å². The van der Waals surface area contributed by atoms with Gasteiger partial charge in [0.25, 0.3) is 0 Å². The average molecular weight is 238 g/mol. The van der Waals surface area contributed by atoms with Crippen molar-refractivity contribution in [2.24, 2.45) is 0 Å². The minimum Gasteiger partial charge on any atom is -0.493 e. The summed E-state index contributed by atoms with van der Waals surface area (Å²) in [6, 6.07) is 3.48. The van der Waals surface area contributed by atoms with Crippen molar-refractivity contribution in [3.63, 3.8) is 0 Å². The number of carbonyl (C=O) groups is 1. The van der Waals surface area contributed by atoms with E-state index in [1.165, 1.54) is 7.11 Å². The molecule has 0 amide bonds. The van der Waals surface area contributed by atoms with Crippen LogP contribution in [-0.4, -0.2) is 25.0 Å². The molecule has 0 radical (unpaired) electrons. The number of aliphatic carboxylic acids is 1. The Hall–Kier alpha value is -1.75. The zero-order chi connectivity index (χ0) is 12.4. The summed E-state index contributed by atoms with van der Waals surface area (Å²) in [5.74, 6) is -0.269. The van der Waals surface area contributed by atoms with Gasteiger partial charge < -0.3 is 19.3 Å². The molecule has 1 aromatic rings. The standard InChI is InChI=1S/C12H14O5/c1-7(12(13)14)8-3-9-5-16-6-17-11(9)10(4-8)15-2/h3-4,7H,5-6H2,1-2H3,(H,13,14). The second kappa shape index (κ2) is 4.63. The molecule has 0 saturated carbocycles. The Balaban J connectivity index is 2.46. The van der Waals surface area contributed by atoms with Crippen LogP contribution in [0.25, 0.3) is 0 Å². The second-order valence-electron chi connectivity index (χ2n) is 3.88. The van der Waals surface area contributed by atoms with Crippen LogP contribution < -0.4 is 9.47 Å². The van der Waals surface area contributed by atoms with Crippen LogP contribution in [0.1, 0.15) is 24.0 Å². The fourth-order valence-electron chi connectivity index (χ4n) is 1.75. The van der Waals surface area contributed by atoms with Crippen molar-refractivity contribution in [3.05, 3.63) is 23.3 Å². The topological polar surface area (TPSA) is 65.0 Å². The zero-order valence-electron chi connectivity index (χ0n) is 9.73. The SMILES string of the molecule is COc1cc(C(C)C(=O)O)cc2c1OCOC2. The van der Waals surface area contributed by atoms with Crippen molar-refractivity contribution in [2.75, 3.05) is 13.9 Å².